The van der Waals surface area contributed by atoms with Crippen LogP contribution in [0, 0.1) is 5.92 Å². The second kappa shape index (κ2) is 5.50. The first-order valence-electron chi connectivity index (χ1n) is 5.40. The first-order valence-corrected chi connectivity index (χ1v) is 6.57. The maximum absolute atomic E-state index is 9.32. The molecule has 1 heterocycles. The Morgan fingerprint density at radius 2 is 2.31 bits per heavy atom. The lowest BCUT2D eigenvalue weighted by molar-refractivity contribution is -0.0457. The quantitative estimate of drug-likeness (QED) is 0.905. The molecule has 0 radical (unpaired) electrons. The van der Waals surface area contributed by atoms with Crippen molar-refractivity contribution >= 4 is 27.5 Å². The van der Waals surface area contributed by atoms with Crippen LogP contribution in [0.15, 0.2) is 22.7 Å². The predicted octanol–water partition coefficient (Wildman–Crippen LogP) is 3.56. The molecule has 0 bridgehead atoms. The van der Waals surface area contributed by atoms with Gasteiger partial charge in [0.2, 0.25) is 0 Å². The van der Waals surface area contributed by atoms with Crippen molar-refractivity contribution in [3.05, 3.63) is 33.3 Å². The highest BCUT2D eigenvalue weighted by Crippen LogP contribution is 2.35. The molecule has 4 heteroatoms. The number of ether oxygens (including phenoxy) is 1. The third kappa shape index (κ3) is 2.59. The summed E-state index contributed by atoms with van der Waals surface area (Å²) in [6.07, 6.45) is 2.00. The molecule has 2 unspecified atom stereocenters. The van der Waals surface area contributed by atoms with E-state index in [0.717, 1.165) is 29.5 Å². The third-order valence-corrected chi connectivity index (χ3v) is 4.18. The Labute approximate surface area is 109 Å². The fourth-order valence-electron chi connectivity index (χ4n) is 2.09. The monoisotopic (exact) mass is 304 g/mol. The van der Waals surface area contributed by atoms with E-state index in [1.165, 1.54) is 0 Å². The van der Waals surface area contributed by atoms with Crippen LogP contribution >= 0.6 is 27.5 Å². The topological polar surface area (TPSA) is 29.5 Å². The summed E-state index contributed by atoms with van der Waals surface area (Å²) in [6.45, 7) is 0.924. The second-order valence-corrected chi connectivity index (χ2v) is 5.31. The maximum Gasteiger partial charge on any atom is 0.0875 e. The normalized spacial score (nSPS) is 25.7. The lowest BCUT2D eigenvalue weighted by atomic mass is 9.90. The third-order valence-electron chi connectivity index (χ3n) is 2.95. The van der Waals surface area contributed by atoms with Gasteiger partial charge < -0.3 is 9.84 Å². The van der Waals surface area contributed by atoms with E-state index in [1.807, 2.05) is 18.2 Å². The Morgan fingerprint density at radius 3 is 3.00 bits per heavy atom. The Hall–Kier alpha value is -0.0900. The zero-order chi connectivity index (χ0) is 11.5. The molecule has 2 atom stereocenters. The van der Waals surface area contributed by atoms with E-state index in [4.69, 9.17) is 16.3 Å². The molecule has 0 aromatic heterocycles. The molecule has 2 rings (SSSR count). The van der Waals surface area contributed by atoms with Crippen LogP contribution in [-0.4, -0.2) is 18.3 Å². The van der Waals surface area contributed by atoms with Gasteiger partial charge in [0.1, 0.15) is 0 Å². The summed E-state index contributed by atoms with van der Waals surface area (Å²) < 4.78 is 6.61. The summed E-state index contributed by atoms with van der Waals surface area (Å²) in [6, 6.07) is 5.82. The molecule has 1 saturated heterocycles. The van der Waals surface area contributed by atoms with Gasteiger partial charge in [-0.3, -0.25) is 0 Å². The molecular weight excluding hydrogens is 291 g/mol. The Balaban J connectivity index is 2.23. The van der Waals surface area contributed by atoms with Crippen molar-refractivity contribution in [1.29, 1.82) is 0 Å². The van der Waals surface area contributed by atoms with Gasteiger partial charge in [-0.15, -0.1) is 0 Å². The number of aliphatic hydroxyl groups excluding tert-OH is 1. The second-order valence-electron chi connectivity index (χ2n) is 4.05. The van der Waals surface area contributed by atoms with E-state index in [2.05, 4.69) is 15.9 Å². The molecule has 0 aliphatic carbocycles. The molecule has 1 N–H and O–H groups in total. The number of hydrogen-bond acceptors (Lipinski definition) is 2. The Morgan fingerprint density at radius 1 is 1.50 bits per heavy atom. The van der Waals surface area contributed by atoms with Crippen LogP contribution in [0.4, 0.5) is 0 Å². The smallest absolute Gasteiger partial charge is 0.0875 e. The lowest BCUT2D eigenvalue weighted by Crippen LogP contribution is -2.25. The summed E-state index contributed by atoms with van der Waals surface area (Å²) in [7, 11) is 0. The van der Waals surface area contributed by atoms with Gasteiger partial charge >= 0.3 is 0 Å². The van der Waals surface area contributed by atoms with Gasteiger partial charge in [-0.1, -0.05) is 17.7 Å². The average molecular weight is 306 g/mol. The number of rotatable bonds is 2. The van der Waals surface area contributed by atoms with Crippen LogP contribution in [0.1, 0.15) is 24.5 Å². The van der Waals surface area contributed by atoms with Crippen molar-refractivity contribution in [2.24, 2.45) is 5.92 Å². The molecule has 16 heavy (non-hydrogen) atoms. The molecule has 1 aromatic rings. The minimum atomic E-state index is -0.0238. The van der Waals surface area contributed by atoms with E-state index >= 15 is 0 Å². The van der Waals surface area contributed by atoms with Crippen LogP contribution < -0.4 is 0 Å². The van der Waals surface area contributed by atoms with E-state index in [0.29, 0.717) is 5.02 Å². The molecule has 0 spiro atoms. The van der Waals surface area contributed by atoms with Gasteiger partial charge in [-0.25, -0.2) is 0 Å². The van der Waals surface area contributed by atoms with Gasteiger partial charge in [-0.05, 0) is 46.5 Å². The zero-order valence-corrected chi connectivity index (χ0v) is 11.2. The minimum absolute atomic E-state index is 0.0238. The lowest BCUT2D eigenvalue weighted by Gasteiger charge is -2.31. The van der Waals surface area contributed by atoms with Crippen molar-refractivity contribution in [1.82, 2.24) is 0 Å². The van der Waals surface area contributed by atoms with E-state index in [1.54, 1.807) is 0 Å². The molecule has 1 fully saturated rings. The van der Waals surface area contributed by atoms with E-state index in [-0.39, 0.29) is 18.6 Å². The van der Waals surface area contributed by atoms with Crippen molar-refractivity contribution in [2.75, 3.05) is 13.2 Å². The molecule has 1 aromatic carbocycles. The standard InChI is InChI=1S/C12H14BrClO2/c13-10-4-3-8(6-11(10)14)12-9(7-15)2-1-5-16-12/h3-4,6,9,12,15H,1-2,5,7H2. The van der Waals surface area contributed by atoms with E-state index in [9.17, 15) is 5.11 Å². The highest BCUT2D eigenvalue weighted by Gasteiger charge is 2.27. The summed E-state index contributed by atoms with van der Waals surface area (Å²) in [5.41, 5.74) is 1.05. The number of halogens is 2. The summed E-state index contributed by atoms with van der Waals surface area (Å²) >= 11 is 9.42. The van der Waals surface area contributed by atoms with Gasteiger partial charge in [0, 0.05) is 23.6 Å². The summed E-state index contributed by atoms with van der Waals surface area (Å²) in [4.78, 5) is 0. The zero-order valence-electron chi connectivity index (χ0n) is 8.83. The predicted molar refractivity (Wildman–Crippen MR) is 67.7 cm³/mol. The largest absolute Gasteiger partial charge is 0.396 e. The van der Waals surface area contributed by atoms with Crippen molar-refractivity contribution < 1.29 is 9.84 Å². The molecule has 1 aliphatic heterocycles. The molecule has 2 nitrogen and oxygen atoms in total. The molecule has 0 saturated carbocycles. The first kappa shape index (κ1) is 12.4. The molecule has 88 valence electrons. The van der Waals surface area contributed by atoms with Crippen molar-refractivity contribution in [3.8, 4) is 0 Å². The molecule has 1 aliphatic rings. The van der Waals surface area contributed by atoms with E-state index < -0.39 is 0 Å². The van der Waals surface area contributed by atoms with Crippen LogP contribution in [-0.2, 0) is 4.74 Å². The van der Waals surface area contributed by atoms with Gasteiger partial charge in [0.25, 0.3) is 0 Å². The van der Waals surface area contributed by atoms with Gasteiger partial charge in [0.05, 0.1) is 11.1 Å². The van der Waals surface area contributed by atoms with Crippen LogP contribution in [0.25, 0.3) is 0 Å². The van der Waals surface area contributed by atoms with Gasteiger partial charge in [-0.2, -0.15) is 0 Å². The Kier molecular flexibility index (Phi) is 4.25. The SMILES string of the molecule is OCC1CCCOC1c1ccc(Br)c(Cl)c1. The van der Waals surface area contributed by atoms with Crippen LogP contribution in [0.2, 0.25) is 5.02 Å². The number of benzene rings is 1. The highest BCUT2D eigenvalue weighted by atomic mass is 79.9. The van der Waals surface area contributed by atoms with Gasteiger partial charge in [0.15, 0.2) is 0 Å². The fourth-order valence-corrected chi connectivity index (χ4v) is 2.52. The first-order chi connectivity index (χ1) is 7.72. The number of hydrogen-bond donors (Lipinski definition) is 1. The van der Waals surface area contributed by atoms with Crippen molar-refractivity contribution in [2.45, 2.75) is 18.9 Å². The van der Waals surface area contributed by atoms with Crippen molar-refractivity contribution in [3.63, 3.8) is 0 Å². The number of aliphatic hydroxyl groups is 1. The highest BCUT2D eigenvalue weighted by molar-refractivity contribution is 9.10. The van der Waals surface area contributed by atoms with Crippen LogP contribution in [0.3, 0.4) is 0 Å². The molecular formula is C12H14BrClO2. The average Bonchev–Trinajstić information content (AvgIpc) is 2.32. The minimum Gasteiger partial charge on any atom is -0.396 e. The van der Waals surface area contributed by atoms with Crippen LogP contribution in [0.5, 0.6) is 0 Å². The fraction of sp³-hybridized carbons (Fsp3) is 0.500. The molecule has 0 amide bonds. The maximum atomic E-state index is 9.32. The summed E-state index contributed by atoms with van der Waals surface area (Å²) in [5.74, 6) is 0.186. The Bertz CT molecular complexity index is 370. The summed E-state index contributed by atoms with van der Waals surface area (Å²) in [5, 5.41) is 10.0.